The summed E-state index contributed by atoms with van der Waals surface area (Å²) in [6, 6.07) is 0.955. The summed E-state index contributed by atoms with van der Waals surface area (Å²) in [4.78, 5) is 4.81. The lowest BCUT2D eigenvalue weighted by Crippen LogP contribution is -2.42. The Hall–Kier alpha value is -0.160. The average molecular weight is 229 g/mol. The van der Waals surface area contributed by atoms with Gasteiger partial charge in [-0.2, -0.15) is 0 Å². The SMILES string of the molecule is COCCC(N)CN(C)CC1CCCN1C. The second-order valence-corrected chi connectivity index (χ2v) is 5.04. The fourth-order valence-electron chi connectivity index (χ4n) is 2.41. The number of rotatable bonds is 7. The minimum absolute atomic E-state index is 0.233. The van der Waals surface area contributed by atoms with Gasteiger partial charge in [0.25, 0.3) is 0 Å². The van der Waals surface area contributed by atoms with E-state index in [2.05, 4.69) is 23.9 Å². The molecule has 1 aliphatic heterocycles. The van der Waals surface area contributed by atoms with Crippen LogP contribution < -0.4 is 5.73 Å². The zero-order valence-corrected chi connectivity index (χ0v) is 11.0. The first kappa shape index (κ1) is 13.9. The molecule has 0 radical (unpaired) electrons. The minimum atomic E-state index is 0.233. The Morgan fingerprint density at radius 1 is 1.56 bits per heavy atom. The molecule has 0 saturated carbocycles. The normalized spacial score (nSPS) is 24.2. The first-order chi connectivity index (χ1) is 7.63. The maximum absolute atomic E-state index is 6.03. The summed E-state index contributed by atoms with van der Waals surface area (Å²) in [5.74, 6) is 0. The lowest BCUT2D eigenvalue weighted by Gasteiger charge is -2.27. The van der Waals surface area contributed by atoms with Crippen molar-refractivity contribution in [2.24, 2.45) is 5.73 Å². The van der Waals surface area contributed by atoms with Crippen LogP contribution in [0.2, 0.25) is 0 Å². The zero-order valence-electron chi connectivity index (χ0n) is 11.0. The Morgan fingerprint density at radius 2 is 2.31 bits per heavy atom. The molecule has 1 fully saturated rings. The highest BCUT2D eigenvalue weighted by Crippen LogP contribution is 2.15. The van der Waals surface area contributed by atoms with Gasteiger partial charge in [0.2, 0.25) is 0 Å². The summed E-state index contributed by atoms with van der Waals surface area (Å²) in [6.45, 7) is 4.11. The van der Waals surface area contributed by atoms with Crippen LogP contribution in [0.25, 0.3) is 0 Å². The summed E-state index contributed by atoms with van der Waals surface area (Å²) in [5.41, 5.74) is 6.03. The van der Waals surface area contributed by atoms with Crippen molar-refractivity contribution in [1.82, 2.24) is 9.80 Å². The van der Waals surface area contributed by atoms with Gasteiger partial charge < -0.3 is 20.3 Å². The second-order valence-electron chi connectivity index (χ2n) is 5.04. The van der Waals surface area contributed by atoms with Crippen LogP contribution in [-0.2, 0) is 4.74 Å². The third kappa shape index (κ3) is 4.78. The minimum Gasteiger partial charge on any atom is -0.385 e. The van der Waals surface area contributed by atoms with Crippen LogP contribution in [-0.4, -0.2) is 69.3 Å². The lowest BCUT2D eigenvalue weighted by molar-refractivity contribution is 0.171. The molecule has 2 unspecified atom stereocenters. The summed E-state index contributed by atoms with van der Waals surface area (Å²) in [6.07, 6.45) is 3.61. The molecule has 0 aliphatic carbocycles. The molecule has 0 amide bonds. The van der Waals surface area contributed by atoms with Gasteiger partial charge in [0.05, 0.1) is 0 Å². The average Bonchev–Trinajstić information content (AvgIpc) is 2.61. The van der Waals surface area contributed by atoms with E-state index in [-0.39, 0.29) is 6.04 Å². The highest BCUT2D eigenvalue weighted by molar-refractivity contribution is 4.79. The third-order valence-corrected chi connectivity index (χ3v) is 3.43. The van der Waals surface area contributed by atoms with Gasteiger partial charge in [-0.3, -0.25) is 0 Å². The quantitative estimate of drug-likeness (QED) is 0.685. The molecule has 2 atom stereocenters. The van der Waals surface area contributed by atoms with E-state index in [0.717, 1.165) is 32.2 Å². The van der Waals surface area contributed by atoms with Gasteiger partial charge in [-0.15, -0.1) is 0 Å². The Bertz CT molecular complexity index is 189. The summed E-state index contributed by atoms with van der Waals surface area (Å²) in [7, 11) is 6.11. The molecule has 1 aliphatic rings. The number of likely N-dealkylation sites (N-methyl/N-ethyl adjacent to an activating group) is 2. The molecular formula is C12H27N3O. The van der Waals surface area contributed by atoms with E-state index in [1.807, 2.05) is 0 Å². The maximum Gasteiger partial charge on any atom is 0.0477 e. The van der Waals surface area contributed by atoms with Crippen molar-refractivity contribution in [3.8, 4) is 0 Å². The highest BCUT2D eigenvalue weighted by atomic mass is 16.5. The molecule has 96 valence electrons. The topological polar surface area (TPSA) is 41.7 Å². The summed E-state index contributed by atoms with van der Waals surface area (Å²) in [5, 5.41) is 0. The van der Waals surface area contributed by atoms with Gasteiger partial charge in [0.15, 0.2) is 0 Å². The second kappa shape index (κ2) is 7.22. The first-order valence-corrected chi connectivity index (χ1v) is 6.26. The zero-order chi connectivity index (χ0) is 12.0. The molecule has 16 heavy (non-hydrogen) atoms. The first-order valence-electron chi connectivity index (χ1n) is 6.26. The van der Waals surface area contributed by atoms with Crippen molar-refractivity contribution in [3.63, 3.8) is 0 Å². The fraction of sp³-hybridized carbons (Fsp3) is 1.00. The molecule has 4 heteroatoms. The van der Waals surface area contributed by atoms with Crippen molar-refractivity contribution in [3.05, 3.63) is 0 Å². The Labute approximate surface area is 99.7 Å². The molecule has 0 aromatic heterocycles. The third-order valence-electron chi connectivity index (χ3n) is 3.43. The number of methoxy groups -OCH3 is 1. The van der Waals surface area contributed by atoms with Crippen LogP contribution in [0.3, 0.4) is 0 Å². The van der Waals surface area contributed by atoms with Crippen LogP contribution in [0.15, 0.2) is 0 Å². The molecule has 0 aromatic carbocycles. The smallest absolute Gasteiger partial charge is 0.0477 e. The number of nitrogens with zero attached hydrogens (tertiary/aromatic N) is 2. The molecule has 0 spiro atoms. The van der Waals surface area contributed by atoms with Crippen LogP contribution in [0.4, 0.5) is 0 Å². The molecule has 4 nitrogen and oxygen atoms in total. The highest BCUT2D eigenvalue weighted by Gasteiger charge is 2.22. The van der Waals surface area contributed by atoms with E-state index in [4.69, 9.17) is 10.5 Å². The lowest BCUT2D eigenvalue weighted by atomic mass is 10.2. The standard InChI is InChI=1S/C12H27N3O/c1-14(9-11(13)6-8-16-3)10-12-5-4-7-15(12)2/h11-12H,4-10,13H2,1-3H3. The van der Waals surface area contributed by atoms with Gasteiger partial charge in [-0.25, -0.2) is 0 Å². The monoisotopic (exact) mass is 229 g/mol. The molecule has 1 heterocycles. The van der Waals surface area contributed by atoms with Crippen molar-refractivity contribution >= 4 is 0 Å². The van der Waals surface area contributed by atoms with E-state index in [1.165, 1.54) is 19.4 Å². The van der Waals surface area contributed by atoms with Crippen LogP contribution in [0.1, 0.15) is 19.3 Å². The van der Waals surface area contributed by atoms with Gasteiger partial charge in [-0.1, -0.05) is 0 Å². The Morgan fingerprint density at radius 3 is 2.88 bits per heavy atom. The molecule has 1 rings (SSSR count). The molecular weight excluding hydrogens is 202 g/mol. The van der Waals surface area contributed by atoms with Crippen molar-refractivity contribution in [1.29, 1.82) is 0 Å². The van der Waals surface area contributed by atoms with E-state index in [0.29, 0.717) is 0 Å². The van der Waals surface area contributed by atoms with E-state index < -0.39 is 0 Å². The Balaban J connectivity index is 2.16. The fourth-order valence-corrected chi connectivity index (χ4v) is 2.41. The number of nitrogens with two attached hydrogens (primary N) is 1. The van der Waals surface area contributed by atoms with Crippen molar-refractivity contribution < 1.29 is 4.74 Å². The number of likely N-dealkylation sites (tertiary alicyclic amines) is 1. The number of ether oxygens (including phenoxy) is 1. The largest absolute Gasteiger partial charge is 0.385 e. The van der Waals surface area contributed by atoms with E-state index >= 15 is 0 Å². The summed E-state index contributed by atoms with van der Waals surface area (Å²) >= 11 is 0. The van der Waals surface area contributed by atoms with Gasteiger partial charge in [0.1, 0.15) is 0 Å². The predicted molar refractivity (Wildman–Crippen MR) is 67.6 cm³/mol. The molecule has 1 saturated heterocycles. The van der Waals surface area contributed by atoms with E-state index in [1.54, 1.807) is 7.11 Å². The van der Waals surface area contributed by atoms with Crippen LogP contribution in [0, 0.1) is 0 Å². The van der Waals surface area contributed by atoms with E-state index in [9.17, 15) is 0 Å². The van der Waals surface area contributed by atoms with Crippen molar-refractivity contribution in [2.75, 3.05) is 47.4 Å². The maximum atomic E-state index is 6.03. The van der Waals surface area contributed by atoms with Crippen LogP contribution in [0.5, 0.6) is 0 Å². The van der Waals surface area contributed by atoms with Crippen molar-refractivity contribution in [2.45, 2.75) is 31.3 Å². The van der Waals surface area contributed by atoms with Gasteiger partial charge >= 0.3 is 0 Å². The van der Waals surface area contributed by atoms with Gasteiger partial charge in [-0.05, 0) is 39.9 Å². The number of hydrogen-bond donors (Lipinski definition) is 1. The predicted octanol–water partition coefficient (Wildman–Crippen LogP) is 0.376. The Kier molecular flexibility index (Phi) is 6.28. The van der Waals surface area contributed by atoms with Crippen LogP contribution >= 0.6 is 0 Å². The molecule has 2 N–H and O–H groups in total. The molecule has 0 aromatic rings. The molecule has 0 bridgehead atoms. The summed E-state index contributed by atoms with van der Waals surface area (Å²) < 4.78 is 5.04. The van der Waals surface area contributed by atoms with Gasteiger partial charge in [0, 0.05) is 38.9 Å². The number of hydrogen-bond acceptors (Lipinski definition) is 4.